The van der Waals surface area contributed by atoms with Crippen molar-refractivity contribution in [3.8, 4) is 0 Å². The lowest BCUT2D eigenvalue weighted by molar-refractivity contribution is 0.0347. The van der Waals surface area contributed by atoms with E-state index < -0.39 is 0 Å². The van der Waals surface area contributed by atoms with E-state index in [-0.39, 0.29) is 0 Å². The molecule has 0 atom stereocenters. The molecule has 17 heavy (non-hydrogen) atoms. The fraction of sp³-hybridized carbons (Fsp3) is 1.00. The van der Waals surface area contributed by atoms with Gasteiger partial charge in [-0.15, -0.1) is 0 Å². The van der Waals surface area contributed by atoms with Gasteiger partial charge in [0.25, 0.3) is 0 Å². The van der Waals surface area contributed by atoms with Crippen LogP contribution in [0, 0.1) is 0 Å². The molecule has 0 aromatic carbocycles. The minimum Gasteiger partial charge on any atom is -0.379 e. The minimum absolute atomic E-state index is 0.913. The predicted octanol–water partition coefficient (Wildman–Crippen LogP) is 2.71. The number of rotatable bonds is 4. The molecule has 1 saturated heterocycles. The molecule has 1 heterocycles. The molecule has 0 aliphatic carbocycles. The van der Waals surface area contributed by atoms with E-state index in [9.17, 15) is 0 Å². The van der Waals surface area contributed by atoms with E-state index in [4.69, 9.17) is 4.74 Å². The van der Waals surface area contributed by atoms with Crippen LogP contribution in [0.3, 0.4) is 0 Å². The van der Waals surface area contributed by atoms with Gasteiger partial charge in [-0.05, 0) is 13.6 Å². The molecule has 0 radical (unpaired) electrons. The van der Waals surface area contributed by atoms with Crippen LogP contribution in [0.25, 0.3) is 0 Å². The third kappa shape index (κ3) is 13.8. The molecule has 1 rings (SSSR count). The Morgan fingerprint density at radius 1 is 1.06 bits per heavy atom. The van der Waals surface area contributed by atoms with Gasteiger partial charge in [0.05, 0.1) is 13.2 Å². The smallest absolute Gasteiger partial charge is 0.0594 e. The van der Waals surface area contributed by atoms with Crippen molar-refractivity contribution in [2.45, 2.75) is 41.0 Å². The van der Waals surface area contributed by atoms with Gasteiger partial charge >= 0.3 is 0 Å². The molecular weight excluding hydrogens is 212 g/mol. The first-order chi connectivity index (χ1) is 8.24. The van der Waals surface area contributed by atoms with Crippen molar-refractivity contribution in [3.05, 3.63) is 0 Å². The summed E-state index contributed by atoms with van der Waals surface area (Å²) >= 11 is 0. The zero-order valence-corrected chi connectivity index (χ0v) is 13.0. The van der Waals surface area contributed by atoms with Crippen LogP contribution in [0.4, 0.5) is 0 Å². The highest BCUT2D eigenvalue weighted by molar-refractivity contribution is 4.63. The molecule has 3 heteroatoms. The number of hydrogen-bond acceptors (Lipinski definition) is 3. The maximum Gasteiger partial charge on any atom is 0.0594 e. The van der Waals surface area contributed by atoms with Gasteiger partial charge in [-0.2, -0.15) is 0 Å². The average Bonchev–Trinajstić information content (AvgIpc) is 2.40. The highest BCUT2D eigenvalue weighted by atomic mass is 16.5. The van der Waals surface area contributed by atoms with Crippen LogP contribution >= 0.6 is 0 Å². The summed E-state index contributed by atoms with van der Waals surface area (Å²) in [4.78, 5) is 4.81. The number of likely N-dealkylation sites (N-methyl/N-ethyl adjacent to an activating group) is 1. The van der Waals surface area contributed by atoms with E-state index >= 15 is 0 Å². The van der Waals surface area contributed by atoms with Gasteiger partial charge in [0.15, 0.2) is 0 Å². The summed E-state index contributed by atoms with van der Waals surface area (Å²) in [6.07, 6.45) is 1.25. The summed E-state index contributed by atoms with van der Waals surface area (Å²) in [5.74, 6) is 0. The van der Waals surface area contributed by atoms with E-state index in [0.717, 1.165) is 32.8 Å². The molecule has 0 bridgehead atoms. The zero-order chi connectivity index (χ0) is 13.5. The highest BCUT2D eigenvalue weighted by Gasteiger charge is 2.09. The van der Waals surface area contributed by atoms with Crippen LogP contribution in [-0.2, 0) is 4.74 Å². The molecule has 0 amide bonds. The molecule has 3 nitrogen and oxygen atoms in total. The van der Waals surface area contributed by atoms with Gasteiger partial charge < -0.3 is 9.64 Å². The second-order valence-electron chi connectivity index (χ2n) is 4.06. The second kappa shape index (κ2) is 15.9. The van der Waals surface area contributed by atoms with Crippen LogP contribution in [0.5, 0.6) is 0 Å². The van der Waals surface area contributed by atoms with E-state index in [1.165, 1.54) is 19.5 Å². The van der Waals surface area contributed by atoms with Crippen molar-refractivity contribution in [1.82, 2.24) is 9.80 Å². The van der Waals surface area contributed by atoms with E-state index in [0.29, 0.717) is 0 Å². The molecule has 0 unspecified atom stereocenters. The summed E-state index contributed by atoms with van der Waals surface area (Å²) in [5.41, 5.74) is 0. The lowest BCUT2D eigenvalue weighted by atomic mass is 10.4. The number of hydrogen-bond donors (Lipinski definition) is 0. The largest absolute Gasteiger partial charge is 0.379 e. The Bertz CT molecular complexity index is 125. The number of nitrogens with zero attached hydrogens (tertiary/aromatic N) is 2. The Labute approximate surface area is 109 Å². The monoisotopic (exact) mass is 246 g/mol. The number of ether oxygens (including phenoxy) is 1. The van der Waals surface area contributed by atoms with Crippen molar-refractivity contribution in [2.24, 2.45) is 0 Å². The summed E-state index contributed by atoms with van der Waals surface area (Å²) in [5, 5.41) is 0. The Balaban J connectivity index is 0. The van der Waals surface area contributed by atoms with Gasteiger partial charge in [-0.3, -0.25) is 4.90 Å². The van der Waals surface area contributed by atoms with Crippen molar-refractivity contribution in [3.63, 3.8) is 0 Å². The maximum atomic E-state index is 5.28. The van der Waals surface area contributed by atoms with Crippen molar-refractivity contribution >= 4 is 0 Å². The molecule has 0 aromatic heterocycles. The lowest BCUT2D eigenvalue weighted by Gasteiger charge is -2.28. The molecule has 1 aliphatic rings. The van der Waals surface area contributed by atoms with Crippen LogP contribution in [0.15, 0.2) is 0 Å². The molecule has 1 fully saturated rings. The molecular formula is C14H34N2O. The van der Waals surface area contributed by atoms with Gasteiger partial charge in [-0.25, -0.2) is 0 Å². The Morgan fingerprint density at radius 3 is 1.94 bits per heavy atom. The first-order valence-electron chi connectivity index (χ1n) is 7.23. The lowest BCUT2D eigenvalue weighted by Crippen LogP contribution is -2.40. The fourth-order valence-corrected chi connectivity index (χ4v) is 1.30. The second-order valence-corrected chi connectivity index (χ2v) is 4.06. The quantitative estimate of drug-likeness (QED) is 0.758. The van der Waals surface area contributed by atoms with E-state index in [1.807, 2.05) is 13.8 Å². The summed E-state index contributed by atoms with van der Waals surface area (Å²) in [7, 11) is 2.17. The van der Waals surface area contributed by atoms with Crippen molar-refractivity contribution < 1.29 is 4.74 Å². The maximum absolute atomic E-state index is 5.28. The van der Waals surface area contributed by atoms with Crippen molar-refractivity contribution in [2.75, 3.05) is 53.0 Å². The van der Waals surface area contributed by atoms with Gasteiger partial charge in [-0.1, -0.05) is 41.0 Å². The third-order valence-corrected chi connectivity index (χ3v) is 2.44. The first-order valence-corrected chi connectivity index (χ1v) is 7.23. The number of morpholine rings is 1. The van der Waals surface area contributed by atoms with E-state index in [2.05, 4.69) is 37.6 Å². The average molecular weight is 246 g/mol. The molecule has 0 aromatic rings. The summed E-state index contributed by atoms with van der Waals surface area (Å²) in [6, 6.07) is 0. The fourth-order valence-electron chi connectivity index (χ4n) is 1.30. The Kier molecular flexibility index (Phi) is 18.0. The molecule has 1 aliphatic heterocycles. The van der Waals surface area contributed by atoms with Crippen LogP contribution < -0.4 is 0 Å². The van der Waals surface area contributed by atoms with Gasteiger partial charge in [0.1, 0.15) is 0 Å². The van der Waals surface area contributed by atoms with Crippen LogP contribution in [-0.4, -0.2) is 62.8 Å². The molecule has 0 spiro atoms. The normalized spacial score (nSPS) is 15.7. The van der Waals surface area contributed by atoms with Crippen molar-refractivity contribution in [1.29, 1.82) is 0 Å². The SMILES string of the molecule is CC.CCC.CCN(C)CCN1CCOCC1. The zero-order valence-electron chi connectivity index (χ0n) is 13.0. The van der Waals surface area contributed by atoms with Gasteiger partial charge in [0.2, 0.25) is 0 Å². The third-order valence-electron chi connectivity index (χ3n) is 2.44. The standard InChI is InChI=1S/C9H20N2O.C3H8.C2H6/c1-3-10(2)4-5-11-6-8-12-9-7-11;1-3-2;1-2/h3-9H2,1-2H3;3H2,1-2H3;1-2H3. The van der Waals surface area contributed by atoms with E-state index in [1.54, 1.807) is 0 Å². The first kappa shape index (κ1) is 19.2. The predicted molar refractivity (Wildman–Crippen MR) is 77.7 cm³/mol. The van der Waals surface area contributed by atoms with Crippen LogP contribution in [0.2, 0.25) is 0 Å². The topological polar surface area (TPSA) is 15.7 Å². The molecule has 0 N–H and O–H groups in total. The Morgan fingerprint density at radius 2 is 1.53 bits per heavy atom. The Hall–Kier alpha value is -0.120. The summed E-state index contributed by atoms with van der Waals surface area (Å²) < 4.78 is 5.28. The molecule has 0 saturated carbocycles. The van der Waals surface area contributed by atoms with Gasteiger partial charge in [0, 0.05) is 26.2 Å². The minimum atomic E-state index is 0.913. The summed E-state index contributed by atoms with van der Waals surface area (Å²) in [6.45, 7) is 18.0. The highest BCUT2D eigenvalue weighted by Crippen LogP contribution is 1.96. The molecule has 106 valence electrons. The van der Waals surface area contributed by atoms with Crippen LogP contribution in [0.1, 0.15) is 41.0 Å².